The molecule has 0 aromatic carbocycles. The number of carbonyl (C=O) groups is 1. The van der Waals surface area contributed by atoms with E-state index in [0.717, 1.165) is 32.1 Å². The smallest absolute Gasteiger partial charge is 0.407 e. The summed E-state index contributed by atoms with van der Waals surface area (Å²) in [5, 5.41) is 27.2. The molecule has 3 unspecified atom stereocenters. The first-order valence-electron chi connectivity index (χ1n) is 11.1. The van der Waals surface area contributed by atoms with E-state index in [-0.39, 0.29) is 18.7 Å². The van der Waals surface area contributed by atoms with E-state index in [1.807, 2.05) is 0 Å². The Balaban J connectivity index is 1.25. The number of ether oxygens (including phenoxy) is 3. The summed E-state index contributed by atoms with van der Waals surface area (Å²) in [6.45, 7) is 1.12. The van der Waals surface area contributed by atoms with Crippen molar-refractivity contribution in [1.29, 1.82) is 0 Å². The Labute approximate surface area is 184 Å². The number of fused-ring (bicyclic) bond motifs is 1. The lowest BCUT2D eigenvalue weighted by atomic mass is 10.1. The molecule has 12 heteroatoms. The van der Waals surface area contributed by atoms with E-state index in [0.29, 0.717) is 30.2 Å². The molecule has 4 N–H and O–H groups in total. The van der Waals surface area contributed by atoms with Crippen molar-refractivity contribution in [2.24, 2.45) is 0 Å². The van der Waals surface area contributed by atoms with Gasteiger partial charge in [0, 0.05) is 12.6 Å². The standard InChI is InChI=1S/C20H28N6O6/c27-15-13(8-31-20(29)25-11-3-1-2-4-11)32-19(16(15)28)26-10-23-14-17(21-9-22-18(14)26)24-12-5-6-30-7-12/h9-13,15-16,19,27-28H,1-8H2,(H,25,29)(H,21,22,24)/t12?,13-,15-,16?,19?/m1/s1. The zero-order valence-corrected chi connectivity index (χ0v) is 17.6. The van der Waals surface area contributed by atoms with Crippen LogP contribution >= 0.6 is 0 Å². The molecule has 1 saturated carbocycles. The molecule has 2 aliphatic heterocycles. The van der Waals surface area contributed by atoms with E-state index < -0.39 is 30.6 Å². The summed E-state index contributed by atoms with van der Waals surface area (Å²) >= 11 is 0. The normalized spacial score (nSPS) is 30.8. The van der Waals surface area contributed by atoms with Gasteiger partial charge in [0.05, 0.1) is 19.0 Å². The Kier molecular flexibility index (Phi) is 6.09. The van der Waals surface area contributed by atoms with Crippen molar-refractivity contribution in [3.8, 4) is 0 Å². The third-order valence-corrected chi connectivity index (χ3v) is 6.30. The van der Waals surface area contributed by atoms with Crippen molar-refractivity contribution in [3.05, 3.63) is 12.7 Å². The van der Waals surface area contributed by atoms with Crippen LogP contribution in [0.2, 0.25) is 0 Å². The van der Waals surface area contributed by atoms with Gasteiger partial charge in [-0.25, -0.2) is 19.7 Å². The van der Waals surface area contributed by atoms with Gasteiger partial charge < -0.3 is 35.1 Å². The minimum Gasteiger partial charge on any atom is -0.447 e. The number of hydrogen-bond acceptors (Lipinski definition) is 10. The fraction of sp³-hybridized carbons (Fsp3) is 0.700. The van der Waals surface area contributed by atoms with Gasteiger partial charge in [0.2, 0.25) is 0 Å². The fourth-order valence-corrected chi connectivity index (χ4v) is 4.52. The number of imidazole rings is 1. The van der Waals surface area contributed by atoms with Crippen LogP contribution in [-0.2, 0) is 14.2 Å². The minimum absolute atomic E-state index is 0.130. The van der Waals surface area contributed by atoms with Gasteiger partial charge in [0.1, 0.15) is 31.2 Å². The number of nitrogens with zero attached hydrogens (tertiary/aromatic N) is 4. The molecule has 2 aromatic rings. The van der Waals surface area contributed by atoms with Crippen molar-refractivity contribution in [2.45, 2.75) is 68.7 Å². The topological polar surface area (TPSA) is 153 Å². The number of alkyl carbamates (subject to hydrolysis) is 1. The molecular formula is C20H28N6O6. The van der Waals surface area contributed by atoms with Crippen LogP contribution in [0.1, 0.15) is 38.3 Å². The lowest BCUT2D eigenvalue weighted by Crippen LogP contribution is -2.38. The summed E-state index contributed by atoms with van der Waals surface area (Å²) in [7, 11) is 0. The highest BCUT2D eigenvalue weighted by Gasteiger charge is 2.45. The second kappa shape index (κ2) is 9.14. The molecule has 174 valence electrons. The van der Waals surface area contributed by atoms with Crippen molar-refractivity contribution in [2.75, 3.05) is 25.1 Å². The van der Waals surface area contributed by atoms with Gasteiger partial charge in [-0.3, -0.25) is 4.57 Å². The van der Waals surface area contributed by atoms with E-state index in [2.05, 4.69) is 25.6 Å². The lowest BCUT2D eigenvalue weighted by molar-refractivity contribution is -0.0534. The maximum atomic E-state index is 12.0. The SMILES string of the molecule is O=C(NC1CCCC1)OC[C@H]1OC(n2cnc3c(NC4CCOC4)ncnc32)C(O)[C@@H]1O. The highest BCUT2D eigenvalue weighted by atomic mass is 16.6. The van der Waals surface area contributed by atoms with Gasteiger partial charge in [-0.05, 0) is 19.3 Å². The summed E-state index contributed by atoms with van der Waals surface area (Å²) in [4.78, 5) is 25.0. The molecule has 5 rings (SSSR count). The summed E-state index contributed by atoms with van der Waals surface area (Å²) in [6.07, 6.45) is 3.02. The molecule has 0 radical (unpaired) electrons. The zero-order chi connectivity index (χ0) is 22.1. The molecular weight excluding hydrogens is 420 g/mol. The lowest BCUT2D eigenvalue weighted by Gasteiger charge is -2.17. The van der Waals surface area contributed by atoms with E-state index in [4.69, 9.17) is 14.2 Å². The highest BCUT2D eigenvalue weighted by Crippen LogP contribution is 2.32. The number of aromatic nitrogens is 4. The Bertz CT molecular complexity index is 944. The number of carbonyl (C=O) groups excluding carboxylic acids is 1. The predicted molar refractivity (Wildman–Crippen MR) is 111 cm³/mol. The first kappa shape index (κ1) is 21.3. The largest absolute Gasteiger partial charge is 0.447 e. The molecule has 4 heterocycles. The third kappa shape index (κ3) is 4.22. The van der Waals surface area contributed by atoms with Gasteiger partial charge in [-0.2, -0.15) is 0 Å². The van der Waals surface area contributed by atoms with Crippen LogP contribution in [0.3, 0.4) is 0 Å². The molecule has 2 aromatic heterocycles. The molecule has 0 bridgehead atoms. The Hall–Kier alpha value is -2.54. The minimum atomic E-state index is -1.24. The number of aliphatic hydroxyl groups is 2. The van der Waals surface area contributed by atoms with Crippen LogP contribution in [-0.4, -0.2) is 86.0 Å². The summed E-state index contributed by atoms with van der Waals surface area (Å²) in [5.41, 5.74) is 0.985. The van der Waals surface area contributed by atoms with E-state index in [1.165, 1.54) is 12.7 Å². The van der Waals surface area contributed by atoms with E-state index in [1.54, 1.807) is 4.57 Å². The summed E-state index contributed by atoms with van der Waals surface area (Å²) < 4.78 is 18.0. The maximum Gasteiger partial charge on any atom is 0.407 e. The number of nitrogens with one attached hydrogen (secondary N) is 2. The average Bonchev–Trinajstić information content (AvgIpc) is 3.58. The molecule has 32 heavy (non-hydrogen) atoms. The highest BCUT2D eigenvalue weighted by molar-refractivity contribution is 5.82. The zero-order valence-electron chi connectivity index (χ0n) is 17.6. The van der Waals surface area contributed by atoms with Gasteiger partial charge in [-0.15, -0.1) is 0 Å². The van der Waals surface area contributed by atoms with Crippen LogP contribution in [0.25, 0.3) is 11.2 Å². The molecule has 3 aliphatic rings. The first-order valence-corrected chi connectivity index (χ1v) is 11.1. The number of rotatable bonds is 6. The quantitative estimate of drug-likeness (QED) is 0.486. The average molecular weight is 448 g/mol. The second-order valence-electron chi connectivity index (χ2n) is 8.52. The van der Waals surface area contributed by atoms with Gasteiger partial charge in [0.25, 0.3) is 0 Å². The predicted octanol–water partition coefficient (Wildman–Crippen LogP) is 0.315. The molecule has 2 saturated heterocycles. The molecule has 0 spiro atoms. The number of amides is 1. The number of anilines is 1. The Morgan fingerprint density at radius 2 is 2.00 bits per heavy atom. The molecule has 1 aliphatic carbocycles. The number of hydrogen-bond donors (Lipinski definition) is 4. The van der Waals surface area contributed by atoms with Crippen LogP contribution in [0, 0.1) is 0 Å². The van der Waals surface area contributed by atoms with Crippen LogP contribution in [0.15, 0.2) is 12.7 Å². The summed E-state index contributed by atoms with van der Waals surface area (Å²) in [6, 6.07) is 0.274. The van der Waals surface area contributed by atoms with Gasteiger partial charge in [0.15, 0.2) is 23.2 Å². The molecule has 3 fully saturated rings. The van der Waals surface area contributed by atoms with Crippen molar-refractivity contribution in [1.82, 2.24) is 24.8 Å². The second-order valence-corrected chi connectivity index (χ2v) is 8.52. The molecule has 5 atom stereocenters. The van der Waals surface area contributed by atoms with Gasteiger partial charge in [-0.1, -0.05) is 12.8 Å². The van der Waals surface area contributed by atoms with Gasteiger partial charge >= 0.3 is 6.09 Å². The summed E-state index contributed by atoms with van der Waals surface area (Å²) in [5.74, 6) is 0.570. The van der Waals surface area contributed by atoms with Crippen LogP contribution in [0.4, 0.5) is 10.6 Å². The Morgan fingerprint density at radius 3 is 2.78 bits per heavy atom. The van der Waals surface area contributed by atoms with Crippen molar-refractivity contribution >= 4 is 23.1 Å². The van der Waals surface area contributed by atoms with E-state index in [9.17, 15) is 15.0 Å². The maximum absolute atomic E-state index is 12.0. The first-order chi connectivity index (χ1) is 15.6. The third-order valence-electron chi connectivity index (χ3n) is 6.30. The number of aliphatic hydroxyl groups excluding tert-OH is 2. The molecule has 12 nitrogen and oxygen atoms in total. The van der Waals surface area contributed by atoms with Crippen LogP contribution < -0.4 is 10.6 Å². The molecule has 1 amide bonds. The Morgan fingerprint density at radius 1 is 1.16 bits per heavy atom. The van der Waals surface area contributed by atoms with Crippen LogP contribution in [0.5, 0.6) is 0 Å². The van der Waals surface area contributed by atoms with Crippen molar-refractivity contribution < 1.29 is 29.2 Å². The van der Waals surface area contributed by atoms with Crippen molar-refractivity contribution in [3.63, 3.8) is 0 Å². The van der Waals surface area contributed by atoms with E-state index >= 15 is 0 Å². The fourth-order valence-electron chi connectivity index (χ4n) is 4.52. The monoisotopic (exact) mass is 448 g/mol.